The molecule has 0 radical (unpaired) electrons. The minimum Gasteiger partial charge on any atom is -0.507 e. The fourth-order valence-corrected chi connectivity index (χ4v) is 3.81. The van der Waals surface area contributed by atoms with Gasteiger partial charge in [0.15, 0.2) is 0 Å². The summed E-state index contributed by atoms with van der Waals surface area (Å²) in [7, 11) is 3.92. The van der Waals surface area contributed by atoms with Crippen molar-refractivity contribution in [1.29, 1.82) is 0 Å². The Hall–Kier alpha value is -3.63. The first-order chi connectivity index (χ1) is 14.6. The Morgan fingerprint density at radius 1 is 0.867 bits per heavy atom. The zero-order valence-electron chi connectivity index (χ0n) is 16.9. The number of hydrogen-bond acceptors (Lipinski definition) is 4. The number of phenolic OH excluding ortho intramolecular Hbond substituents is 1. The van der Waals surface area contributed by atoms with Gasteiger partial charge in [0.2, 0.25) is 0 Å². The van der Waals surface area contributed by atoms with Crippen LogP contribution in [0.4, 0.5) is 0 Å². The summed E-state index contributed by atoms with van der Waals surface area (Å²) in [6.07, 6.45) is 0. The second-order valence-electron chi connectivity index (χ2n) is 7.39. The van der Waals surface area contributed by atoms with E-state index in [9.17, 15) is 9.90 Å². The van der Waals surface area contributed by atoms with E-state index in [1.807, 2.05) is 79.7 Å². The molecule has 150 valence electrons. The van der Waals surface area contributed by atoms with Crippen LogP contribution in [0, 0.1) is 0 Å². The molecule has 0 aliphatic rings. The third-order valence-corrected chi connectivity index (χ3v) is 5.14. The number of hydrogen-bond donors (Lipinski definition) is 1. The summed E-state index contributed by atoms with van der Waals surface area (Å²) in [4.78, 5) is 15.0. The van der Waals surface area contributed by atoms with E-state index < -0.39 is 5.97 Å². The van der Waals surface area contributed by atoms with Crippen molar-refractivity contribution >= 4 is 16.7 Å². The van der Waals surface area contributed by atoms with Gasteiger partial charge in [-0.05, 0) is 48.6 Å². The molecule has 1 unspecified atom stereocenters. The van der Waals surface area contributed by atoms with Crippen molar-refractivity contribution in [3.8, 4) is 11.5 Å². The molecule has 4 rings (SSSR count). The Morgan fingerprint density at radius 2 is 1.47 bits per heavy atom. The van der Waals surface area contributed by atoms with Crippen molar-refractivity contribution in [2.45, 2.75) is 6.04 Å². The lowest BCUT2D eigenvalue weighted by Gasteiger charge is -2.28. The summed E-state index contributed by atoms with van der Waals surface area (Å²) in [5, 5.41) is 13.1. The average Bonchev–Trinajstić information content (AvgIpc) is 2.76. The van der Waals surface area contributed by atoms with Crippen molar-refractivity contribution in [3.05, 3.63) is 108 Å². The Balaban J connectivity index is 1.90. The summed E-state index contributed by atoms with van der Waals surface area (Å²) < 4.78 is 5.52. The number of rotatable bonds is 5. The number of esters is 1. The van der Waals surface area contributed by atoms with Crippen molar-refractivity contribution in [3.63, 3.8) is 0 Å². The average molecular weight is 397 g/mol. The van der Waals surface area contributed by atoms with Crippen LogP contribution in [0.25, 0.3) is 10.8 Å². The Labute approximate surface area is 176 Å². The highest BCUT2D eigenvalue weighted by Crippen LogP contribution is 2.40. The number of nitrogens with zero attached hydrogens (tertiary/aromatic N) is 1. The van der Waals surface area contributed by atoms with Crippen LogP contribution in [0.15, 0.2) is 91.0 Å². The van der Waals surface area contributed by atoms with Gasteiger partial charge in [-0.2, -0.15) is 0 Å². The van der Waals surface area contributed by atoms with E-state index in [-0.39, 0.29) is 17.4 Å². The zero-order chi connectivity index (χ0) is 21.1. The maximum atomic E-state index is 13.0. The molecular weight excluding hydrogens is 374 g/mol. The molecule has 0 spiro atoms. The molecule has 1 N–H and O–H groups in total. The van der Waals surface area contributed by atoms with Gasteiger partial charge in [0, 0.05) is 5.56 Å². The summed E-state index contributed by atoms with van der Waals surface area (Å²) in [6.45, 7) is 0. The van der Waals surface area contributed by atoms with Gasteiger partial charge in [-0.1, -0.05) is 72.8 Å². The van der Waals surface area contributed by atoms with Crippen molar-refractivity contribution < 1.29 is 14.6 Å². The number of carbonyl (C=O) groups is 1. The van der Waals surface area contributed by atoms with Gasteiger partial charge in [0.05, 0.1) is 6.04 Å². The normalized spacial score (nSPS) is 12.1. The van der Waals surface area contributed by atoms with Crippen LogP contribution in [-0.2, 0) is 0 Å². The molecule has 0 aromatic heterocycles. The van der Waals surface area contributed by atoms with E-state index in [1.54, 1.807) is 30.3 Å². The molecule has 0 fully saturated rings. The third-order valence-electron chi connectivity index (χ3n) is 5.14. The molecule has 0 amide bonds. The first-order valence-electron chi connectivity index (χ1n) is 9.79. The molecule has 0 aliphatic heterocycles. The zero-order valence-corrected chi connectivity index (χ0v) is 16.9. The maximum absolute atomic E-state index is 13.0. The van der Waals surface area contributed by atoms with Gasteiger partial charge in [-0.25, -0.2) is 4.79 Å². The van der Waals surface area contributed by atoms with E-state index in [1.165, 1.54) is 0 Å². The second kappa shape index (κ2) is 8.39. The van der Waals surface area contributed by atoms with Gasteiger partial charge in [0.1, 0.15) is 17.1 Å². The molecule has 4 aromatic carbocycles. The van der Waals surface area contributed by atoms with E-state index in [0.29, 0.717) is 11.3 Å². The third kappa shape index (κ3) is 3.78. The van der Waals surface area contributed by atoms with Crippen LogP contribution < -0.4 is 4.74 Å². The summed E-state index contributed by atoms with van der Waals surface area (Å²) >= 11 is 0. The lowest BCUT2D eigenvalue weighted by atomic mass is 9.90. The van der Waals surface area contributed by atoms with Gasteiger partial charge < -0.3 is 9.84 Å². The molecule has 4 heteroatoms. The predicted octanol–water partition coefficient (Wildman–Crippen LogP) is 5.42. The SMILES string of the molecule is CN(C)C(c1ccccc1)c1c(O)c(C(=O)Oc2ccccc2)cc2ccccc12. The highest BCUT2D eigenvalue weighted by Gasteiger charge is 2.27. The monoisotopic (exact) mass is 397 g/mol. The second-order valence-corrected chi connectivity index (χ2v) is 7.39. The van der Waals surface area contributed by atoms with Crippen LogP contribution in [-0.4, -0.2) is 30.1 Å². The molecule has 4 aromatic rings. The number of aromatic hydroxyl groups is 1. The Bertz CT molecular complexity index is 1170. The highest BCUT2D eigenvalue weighted by molar-refractivity contribution is 6.01. The van der Waals surface area contributed by atoms with Crippen molar-refractivity contribution in [2.24, 2.45) is 0 Å². The fraction of sp³-hybridized carbons (Fsp3) is 0.115. The molecule has 1 atom stereocenters. The summed E-state index contributed by atoms with van der Waals surface area (Å²) in [6, 6.07) is 28.0. The lowest BCUT2D eigenvalue weighted by Crippen LogP contribution is -2.22. The number of ether oxygens (including phenoxy) is 1. The maximum Gasteiger partial charge on any atom is 0.347 e. The van der Waals surface area contributed by atoms with Gasteiger partial charge in [-0.15, -0.1) is 0 Å². The Kier molecular flexibility index (Phi) is 5.50. The van der Waals surface area contributed by atoms with Crippen LogP contribution >= 0.6 is 0 Å². The van der Waals surface area contributed by atoms with Crippen LogP contribution in [0.3, 0.4) is 0 Å². The smallest absolute Gasteiger partial charge is 0.347 e. The molecular formula is C26H23NO3. The Morgan fingerprint density at radius 3 is 2.13 bits per heavy atom. The van der Waals surface area contributed by atoms with Crippen molar-refractivity contribution in [2.75, 3.05) is 14.1 Å². The molecule has 0 aliphatic carbocycles. The molecule has 0 saturated heterocycles. The first-order valence-corrected chi connectivity index (χ1v) is 9.79. The van der Waals surface area contributed by atoms with Gasteiger partial charge >= 0.3 is 5.97 Å². The molecule has 30 heavy (non-hydrogen) atoms. The van der Waals surface area contributed by atoms with Crippen LogP contribution in [0.5, 0.6) is 11.5 Å². The largest absolute Gasteiger partial charge is 0.507 e. The molecule has 0 bridgehead atoms. The molecule has 0 heterocycles. The molecule has 4 nitrogen and oxygen atoms in total. The summed E-state index contributed by atoms with van der Waals surface area (Å²) in [5.74, 6) is -0.211. The predicted molar refractivity (Wildman–Crippen MR) is 119 cm³/mol. The first kappa shape index (κ1) is 19.7. The number of carbonyl (C=O) groups excluding carboxylic acids is 1. The number of para-hydroxylation sites is 1. The van der Waals surface area contributed by atoms with E-state index in [0.717, 1.165) is 16.3 Å². The van der Waals surface area contributed by atoms with Gasteiger partial charge in [0.25, 0.3) is 0 Å². The molecule has 0 saturated carbocycles. The van der Waals surface area contributed by atoms with Crippen LogP contribution in [0.1, 0.15) is 27.5 Å². The minimum atomic E-state index is -0.587. The number of fused-ring (bicyclic) bond motifs is 1. The summed E-state index contributed by atoms with van der Waals surface area (Å²) in [5.41, 5.74) is 1.86. The number of phenols is 1. The van der Waals surface area contributed by atoms with E-state index in [2.05, 4.69) is 0 Å². The van der Waals surface area contributed by atoms with E-state index in [4.69, 9.17) is 4.74 Å². The van der Waals surface area contributed by atoms with Crippen molar-refractivity contribution in [1.82, 2.24) is 4.90 Å². The van der Waals surface area contributed by atoms with E-state index >= 15 is 0 Å². The highest BCUT2D eigenvalue weighted by atomic mass is 16.5. The van der Waals surface area contributed by atoms with Gasteiger partial charge in [-0.3, -0.25) is 4.90 Å². The minimum absolute atomic E-state index is 0.0582. The van der Waals surface area contributed by atoms with Crippen LogP contribution in [0.2, 0.25) is 0 Å². The lowest BCUT2D eigenvalue weighted by molar-refractivity contribution is 0.0731. The quantitative estimate of drug-likeness (QED) is 0.361. The fourth-order valence-electron chi connectivity index (χ4n) is 3.81. The standard InChI is InChI=1S/C26H23NO3/c1-27(2)24(18-11-5-3-6-12-18)23-21-16-10-9-13-19(21)17-22(25(23)28)26(29)30-20-14-7-4-8-15-20/h3-17,24,28H,1-2H3. The number of benzene rings is 4. The topological polar surface area (TPSA) is 49.8 Å².